The number of carbonyl (C=O) groups excluding carboxylic acids is 1. The zero-order chi connectivity index (χ0) is 19.5. The van der Waals surface area contributed by atoms with Gasteiger partial charge in [0.25, 0.3) is 0 Å². The fourth-order valence-electron chi connectivity index (χ4n) is 3.17. The molecule has 0 saturated heterocycles. The Morgan fingerprint density at radius 1 is 1.21 bits per heavy atom. The standard InChI is InChI=1S/C21H32N2O3S.ClH/c1-16-3-7-18(8-4-16)23-21(24)10-6-17-5-9-19(20(15-17)25-2)26-13-11-22-12-14-27;/h5-6,9-10,15-16,18,22,27H,3-4,7-8,11-14H2,1-2H3,(H,23,24);1H/b10-6+;. The van der Waals surface area contributed by atoms with E-state index in [4.69, 9.17) is 9.47 Å². The van der Waals surface area contributed by atoms with Crippen LogP contribution in [0.15, 0.2) is 24.3 Å². The van der Waals surface area contributed by atoms with Crippen molar-refractivity contribution in [2.75, 3.05) is 32.6 Å². The number of ether oxygens (including phenoxy) is 2. The first-order valence-electron chi connectivity index (χ1n) is 9.73. The molecule has 0 aliphatic heterocycles. The van der Waals surface area contributed by atoms with Gasteiger partial charge in [0.1, 0.15) is 6.61 Å². The summed E-state index contributed by atoms with van der Waals surface area (Å²) < 4.78 is 11.2. The van der Waals surface area contributed by atoms with Gasteiger partial charge in [0, 0.05) is 31.0 Å². The second-order valence-electron chi connectivity index (χ2n) is 7.03. The summed E-state index contributed by atoms with van der Waals surface area (Å²) in [5, 5.41) is 6.33. The summed E-state index contributed by atoms with van der Waals surface area (Å²) in [7, 11) is 1.62. The molecule has 0 unspecified atom stereocenters. The van der Waals surface area contributed by atoms with Gasteiger partial charge in [-0.05, 0) is 55.4 Å². The number of nitrogens with one attached hydrogen (secondary N) is 2. The van der Waals surface area contributed by atoms with E-state index in [9.17, 15) is 4.79 Å². The minimum Gasteiger partial charge on any atom is -0.493 e. The lowest BCUT2D eigenvalue weighted by Gasteiger charge is -2.26. The molecule has 1 aromatic rings. The Kier molecular flexibility index (Phi) is 12.1. The largest absolute Gasteiger partial charge is 0.493 e. The van der Waals surface area contributed by atoms with Crippen molar-refractivity contribution in [3.63, 3.8) is 0 Å². The quantitative estimate of drug-likeness (QED) is 0.302. The summed E-state index contributed by atoms with van der Waals surface area (Å²) in [4.78, 5) is 12.1. The van der Waals surface area contributed by atoms with E-state index in [2.05, 4.69) is 30.2 Å². The molecule has 5 nitrogen and oxygen atoms in total. The number of rotatable bonds is 10. The van der Waals surface area contributed by atoms with Gasteiger partial charge in [-0.15, -0.1) is 12.4 Å². The molecule has 0 bridgehead atoms. The van der Waals surface area contributed by atoms with Gasteiger partial charge in [-0.25, -0.2) is 0 Å². The van der Waals surface area contributed by atoms with E-state index in [1.807, 2.05) is 18.2 Å². The first-order chi connectivity index (χ1) is 13.1. The molecule has 1 aromatic carbocycles. The molecule has 1 fully saturated rings. The van der Waals surface area contributed by atoms with Crippen molar-refractivity contribution < 1.29 is 14.3 Å². The second-order valence-corrected chi connectivity index (χ2v) is 7.48. The maximum absolute atomic E-state index is 12.1. The van der Waals surface area contributed by atoms with Gasteiger partial charge in [-0.3, -0.25) is 4.79 Å². The highest BCUT2D eigenvalue weighted by atomic mass is 35.5. The Hall–Kier alpha value is -1.37. The van der Waals surface area contributed by atoms with Crippen molar-refractivity contribution in [3.8, 4) is 11.5 Å². The first kappa shape index (κ1) is 24.7. The number of hydrogen-bond acceptors (Lipinski definition) is 5. The Morgan fingerprint density at radius 2 is 1.96 bits per heavy atom. The van der Waals surface area contributed by atoms with Gasteiger partial charge in [-0.1, -0.05) is 13.0 Å². The highest BCUT2D eigenvalue weighted by Gasteiger charge is 2.18. The van der Waals surface area contributed by atoms with E-state index < -0.39 is 0 Å². The van der Waals surface area contributed by atoms with E-state index >= 15 is 0 Å². The fraction of sp³-hybridized carbons (Fsp3) is 0.571. The lowest BCUT2D eigenvalue weighted by atomic mass is 9.87. The Bertz CT molecular complexity index is 620. The average Bonchev–Trinajstić information content (AvgIpc) is 2.68. The van der Waals surface area contributed by atoms with Crippen molar-refractivity contribution in [3.05, 3.63) is 29.8 Å². The molecule has 158 valence electrons. The summed E-state index contributed by atoms with van der Waals surface area (Å²) in [6, 6.07) is 5.98. The normalized spacial score (nSPS) is 19.1. The lowest BCUT2D eigenvalue weighted by molar-refractivity contribution is -0.117. The van der Waals surface area contributed by atoms with Crippen LogP contribution in [0.4, 0.5) is 0 Å². The number of thiol groups is 1. The molecule has 2 rings (SSSR count). The monoisotopic (exact) mass is 428 g/mol. The van der Waals surface area contributed by atoms with Crippen LogP contribution >= 0.6 is 25.0 Å². The van der Waals surface area contributed by atoms with Crippen LogP contribution in [-0.2, 0) is 4.79 Å². The molecule has 1 aliphatic carbocycles. The lowest BCUT2D eigenvalue weighted by Crippen LogP contribution is -2.36. The van der Waals surface area contributed by atoms with Crippen LogP contribution in [0.1, 0.15) is 38.2 Å². The van der Waals surface area contributed by atoms with Gasteiger partial charge >= 0.3 is 0 Å². The summed E-state index contributed by atoms with van der Waals surface area (Å²) in [6.45, 7) is 4.44. The maximum Gasteiger partial charge on any atom is 0.244 e. The first-order valence-corrected chi connectivity index (χ1v) is 10.4. The highest BCUT2D eigenvalue weighted by molar-refractivity contribution is 7.80. The minimum atomic E-state index is -0.0379. The third-order valence-corrected chi connectivity index (χ3v) is 5.03. The second kappa shape index (κ2) is 13.7. The number of hydrogen-bond donors (Lipinski definition) is 3. The topological polar surface area (TPSA) is 59.6 Å². The van der Waals surface area contributed by atoms with Crippen molar-refractivity contribution in [2.24, 2.45) is 5.92 Å². The molecule has 0 radical (unpaired) electrons. The molecular weight excluding hydrogens is 396 g/mol. The highest BCUT2D eigenvalue weighted by Crippen LogP contribution is 2.28. The van der Waals surface area contributed by atoms with E-state index in [1.54, 1.807) is 19.3 Å². The van der Waals surface area contributed by atoms with Crippen molar-refractivity contribution >= 4 is 37.0 Å². The Morgan fingerprint density at radius 3 is 2.64 bits per heavy atom. The molecule has 0 aromatic heterocycles. The molecule has 28 heavy (non-hydrogen) atoms. The molecule has 1 amide bonds. The average molecular weight is 429 g/mol. The molecule has 1 aliphatic rings. The molecule has 0 heterocycles. The Labute approximate surface area is 180 Å². The van der Waals surface area contributed by atoms with Crippen LogP contribution in [0, 0.1) is 5.92 Å². The predicted octanol–water partition coefficient (Wildman–Crippen LogP) is 3.72. The fourth-order valence-corrected chi connectivity index (χ4v) is 3.33. The van der Waals surface area contributed by atoms with Crippen molar-refractivity contribution in [2.45, 2.75) is 38.6 Å². The molecule has 2 N–H and O–H groups in total. The maximum atomic E-state index is 12.1. The smallest absolute Gasteiger partial charge is 0.244 e. The van der Waals surface area contributed by atoms with E-state index in [0.717, 1.165) is 43.2 Å². The molecular formula is C21H33ClN2O3S. The van der Waals surface area contributed by atoms with E-state index in [-0.39, 0.29) is 18.3 Å². The summed E-state index contributed by atoms with van der Waals surface area (Å²) in [5.41, 5.74) is 0.903. The van der Waals surface area contributed by atoms with Crippen LogP contribution < -0.4 is 20.1 Å². The SMILES string of the molecule is COc1cc(/C=C/C(=O)NC2CCC(C)CC2)ccc1OCCNCCS.Cl. The summed E-state index contributed by atoms with van der Waals surface area (Å²) >= 11 is 4.15. The van der Waals surface area contributed by atoms with Crippen molar-refractivity contribution in [1.82, 2.24) is 10.6 Å². The van der Waals surface area contributed by atoms with Crippen LogP contribution in [0.25, 0.3) is 6.08 Å². The zero-order valence-electron chi connectivity index (χ0n) is 16.8. The van der Waals surface area contributed by atoms with E-state index in [0.29, 0.717) is 24.1 Å². The van der Waals surface area contributed by atoms with E-state index in [1.165, 1.54) is 12.8 Å². The molecule has 0 spiro atoms. The molecule has 0 atom stereocenters. The summed E-state index contributed by atoms with van der Waals surface area (Å²) in [5.74, 6) is 2.90. The van der Waals surface area contributed by atoms with Gasteiger partial charge in [-0.2, -0.15) is 12.6 Å². The van der Waals surface area contributed by atoms with Crippen molar-refractivity contribution in [1.29, 1.82) is 0 Å². The third kappa shape index (κ3) is 8.76. The predicted molar refractivity (Wildman–Crippen MR) is 121 cm³/mol. The van der Waals surface area contributed by atoms with Crippen LogP contribution in [-0.4, -0.2) is 44.5 Å². The van der Waals surface area contributed by atoms with Crippen LogP contribution in [0.5, 0.6) is 11.5 Å². The number of methoxy groups -OCH3 is 1. The third-order valence-electron chi connectivity index (χ3n) is 4.80. The number of carbonyl (C=O) groups is 1. The molecule has 1 saturated carbocycles. The number of amides is 1. The number of benzene rings is 1. The van der Waals surface area contributed by atoms with Crippen LogP contribution in [0.2, 0.25) is 0 Å². The minimum absolute atomic E-state index is 0. The summed E-state index contributed by atoms with van der Waals surface area (Å²) in [6.07, 6.45) is 7.93. The van der Waals surface area contributed by atoms with Gasteiger partial charge in [0.15, 0.2) is 11.5 Å². The van der Waals surface area contributed by atoms with Crippen LogP contribution in [0.3, 0.4) is 0 Å². The number of halogens is 1. The van der Waals surface area contributed by atoms with Gasteiger partial charge < -0.3 is 20.1 Å². The van der Waals surface area contributed by atoms with Gasteiger partial charge in [0.2, 0.25) is 5.91 Å². The Balaban J connectivity index is 0.00000392. The molecule has 7 heteroatoms. The van der Waals surface area contributed by atoms with Gasteiger partial charge in [0.05, 0.1) is 7.11 Å². The zero-order valence-corrected chi connectivity index (χ0v) is 18.5.